The number of phenolic OH excluding ortho intramolecular Hbond substituents is 1. The van der Waals surface area contributed by atoms with Gasteiger partial charge in [-0.25, -0.2) is 0 Å². The van der Waals surface area contributed by atoms with E-state index in [9.17, 15) is 5.11 Å². The van der Waals surface area contributed by atoms with Gasteiger partial charge in [-0.3, -0.25) is 9.97 Å². The SMILES string of the molecule is Oc1cccc2cccnc12.c1ccncc1. The minimum absolute atomic E-state index is 0.239. The van der Waals surface area contributed by atoms with E-state index in [0.29, 0.717) is 5.52 Å². The van der Waals surface area contributed by atoms with E-state index in [1.54, 1.807) is 30.7 Å². The molecule has 1 aromatic carbocycles. The fourth-order valence-electron chi connectivity index (χ4n) is 1.40. The Bertz CT molecular complexity index is 550. The molecule has 2 aromatic heterocycles. The van der Waals surface area contributed by atoms with Gasteiger partial charge in [0.05, 0.1) is 0 Å². The van der Waals surface area contributed by atoms with Crippen molar-refractivity contribution in [3.05, 3.63) is 67.1 Å². The Kier molecular flexibility index (Phi) is 3.65. The number of aromatic hydroxyl groups is 1. The number of para-hydroxylation sites is 1. The van der Waals surface area contributed by atoms with Gasteiger partial charge in [-0.2, -0.15) is 0 Å². The zero-order valence-electron chi connectivity index (χ0n) is 9.19. The van der Waals surface area contributed by atoms with Crippen LogP contribution in [0.15, 0.2) is 67.1 Å². The Labute approximate surface area is 99.4 Å². The van der Waals surface area contributed by atoms with Gasteiger partial charge in [0.15, 0.2) is 0 Å². The molecule has 3 aromatic rings. The van der Waals surface area contributed by atoms with E-state index < -0.39 is 0 Å². The second-order valence-corrected chi connectivity index (χ2v) is 3.38. The number of phenols is 1. The summed E-state index contributed by atoms with van der Waals surface area (Å²) in [5.41, 5.74) is 0.662. The summed E-state index contributed by atoms with van der Waals surface area (Å²) in [6.45, 7) is 0. The molecule has 3 nitrogen and oxygen atoms in total. The van der Waals surface area contributed by atoms with Crippen LogP contribution >= 0.6 is 0 Å². The first-order valence-electron chi connectivity index (χ1n) is 5.25. The number of pyridine rings is 2. The van der Waals surface area contributed by atoms with Gasteiger partial charge in [0.2, 0.25) is 0 Å². The van der Waals surface area contributed by atoms with Crippen LogP contribution in [0.3, 0.4) is 0 Å². The van der Waals surface area contributed by atoms with Crippen LogP contribution in [0.1, 0.15) is 0 Å². The number of aromatic nitrogens is 2. The van der Waals surface area contributed by atoms with E-state index in [1.165, 1.54) is 0 Å². The van der Waals surface area contributed by atoms with Crippen molar-refractivity contribution >= 4 is 10.9 Å². The fraction of sp³-hybridized carbons (Fsp3) is 0. The summed E-state index contributed by atoms with van der Waals surface area (Å²) < 4.78 is 0. The van der Waals surface area contributed by atoms with Crippen molar-refractivity contribution in [2.24, 2.45) is 0 Å². The highest BCUT2D eigenvalue weighted by molar-refractivity contribution is 5.83. The molecule has 3 heteroatoms. The number of benzene rings is 1. The minimum atomic E-state index is 0.239. The predicted molar refractivity (Wildman–Crippen MR) is 67.6 cm³/mol. The zero-order chi connectivity index (χ0) is 11.9. The molecule has 0 bridgehead atoms. The summed E-state index contributed by atoms with van der Waals surface area (Å²) in [6, 6.07) is 14.8. The van der Waals surface area contributed by atoms with Crippen molar-refractivity contribution in [3.63, 3.8) is 0 Å². The summed E-state index contributed by atoms with van der Waals surface area (Å²) in [4.78, 5) is 7.82. The molecule has 0 aliphatic carbocycles. The molecule has 3 rings (SSSR count). The van der Waals surface area contributed by atoms with Crippen LogP contribution < -0.4 is 0 Å². The van der Waals surface area contributed by atoms with Crippen LogP contribution in [0, 0.1) is 0 Å². The van der Waals surface area contributed by atoms with Crippen molar-refractivity contribution in [1.29, 1.82) is 0 Å². The van der Waals surface area contributed by atoms with Gasteiger partial charge in [0.1, 0.15) is 11.3 Å². The first-order valence-corrected chi connectivity index (χ1v) is 5.25. The third-order valence-electron chi connectivity index (χ3n) is 2.18. The Hall–Kier alpha value is -2.42. The van der Waals surface area contributed by atoms with Gasteiger partial charge >= 0.3 is 0 Å². The average molecular weight is 224 g/mol. The summed E-state index contributed by atoms with van der Waals surface area (Å²) >= 11 is 0. The normalized spacial score (nSPS) is 9.41. The molecule has 84 valence electrons. The van der Waals surface area contributed by atoms with E-state index in [0.717, 1.165) is 5.39 Å². The molecule has 0 unspecified atom stereocenters. The van der Waals surface area contributed by atoms with Gasteiger partial charge in [-0.05, 0) is 24.3 Å². The van der Waals surface area contributed by atoms with Gasteiger partial charge in [0.25, 0.3) is 0 Å². The Morgan fingerprint density at radius 1 is 0.765 bits per heavy atom. The van der Waals surface area contributed by atoms with Crippen LogP contribution in [0.2, 0.25) is 0 Å². The lowest BCUT2D eigenvalue weighted by molar-refractivity contribution is 0.480. The van der Waals surface area contributed by atoms with E-state index in [4.69, 9.17) is 0 Å². The highest BCUT2D eigenvalue weighted by Gasteiger charge is 1.96. The maximum absolute atomic E-state index is 9.31. The molecule has 0 fully saturated rings. The van der Waals surface area contributed by atoms with Crippen molar-refractivity contribution in [1.82, 2.24) is 9.97 Å². The topological polar surface area (TPSA) is 46.0 Å². The number of rotatable bonds is 0. The van der Waals surface area contributed by atoms with Gasteiger partial charge in [0, 0.05) is 24.0 Å². The summed E-state index contributed by atoms with van der Waals surface area (Å²) in [5.74, 6) is 0.239. The van der Waals surface area contributed by atoms with E-state index >= 15 is 0 Å². The van der Waals surface area contributed by atoms with Gasteiger partial charge in [-0.15, -0.1) is 0 Å². The molecule has 1 N–H and O–H groups in total. The van der Waals surface area contributed by atoms with Crippen LogP contribution in [0.25, 0.3) is 10.9 Å². The lowest BCUT2D eigenvalue weighted by Gasteiger charge is -1.96. The Morgan fingerprint density at radius 3 is 2.12 bits per heavy atom. The van der Waals surface area contributed by atoms with Crippen LogP contribution in [0.5, 0.6) is 5.75 Å². The lowest BCUT2D eigenvalue weighted by Crippen LogP contribution is -1.76. The Morgan fingerprint density at radius 2 is 1.53 bits per heavy atom. The van der Waals surface area contributed by atoms with Crippen LogP contribution in [-0.2, 0) is 0 Å². The molecular formula is C14H12N2O. The maximum atomic E-state index is 9.31. The smallest absolute Gasteiger partial charge is 0.141 e. The largest absolute Gasteiger partial charge is 0.506 e. The van der Waals surface area contributed by atoms with E-state index in [-0.39, 0.29) is 5.75 Å². The molecule has 0 radical (unpaired) electrons. The molecule has 0 spiro atoms. The summed E-state index contributed by atoms with van der Waals surface area (Å²) in [6.07, 6.45) is 5.17. The van der Waals surface area contributed by atoms with Crippen LogP contribution in [-0.4, -0.2) is 15.1 Å². The average Bonchev–Trinajstić information content (AvgIpc) is 2.42. The van der Waals surface area contributed by atoms with Gasteiger partial charge in [-0.1, -0.05) is 24.3 Å². The number of hydrogen-bond acceptors (Lipinski definition) is 3. The van der Waals surface area contributed by atoms with Crippen molar-refractivity contribution in [2.75, 3.05) is 0 Å². The quantitative estimate of drug-likeness (QED) is 0.638. The lowest BCUT2D eigenvalue weighted by atomic mass is 10.2. The molecule has 17 heavy (non-hydrogen) atoms. The molecule has 2 heterocycles. The highest BCUT2D eigenvalue weighted by Crippen LogP contribution is 2.20. The number of fused-ring (bicyclic) bond motifs is 1. The third kappa shape index (κ3) is 3.01. The maximum Gasteiger partial charge on any atom is 0.141 e. The predicted octanol–water partition coefficient (Wildman–Crippen LogP) is 3.02. The standard InChI is InChI=1S/C9H7NO.C5H5N/c11-8-5-1-3-7-4-2-6-10-9(7)8;1-2-4-6-5-3-1/h1-6,11H;1-5H. The van der Waals surface area contributed by atoms with Gasteiger partial charge < -0.3 is 5.11 Å². The molecule has 0 aliphatic heterocycles. The highest BCUT2D eigenvalue weighted by atomic mass is 16.3. The van der Waals surface area contributed by atoms with Crippen molar-refractivity contribution in [3.8, 4) is 5.75 Å². The van der Waals surface area contributed by atoms with E-state index in [2.05, 4.69) is 9.97 Å². The monoisotopic (exact) mass is 224 g/mol. The van der Waals surface area contributed by atoms with Crippen LogP contribution in [0.4, 0.5) is 0 Å². The number of hydrogen-bond donors (Lipinski definition) is 1. The molecule has 0 saturated heterocycles. The molecular weight excluding hydrogens is 212 g/mol. The summed E-state index contributed by atoms with van der Waals surface area (Å²) in [5, 5.41) is 10.3. The molecule has 0 aliphatic rings. The molecule has 0 atom stereocenters. The summed E-state index contributed by atoms with van der Waals surface area (Å²) in [7, 11) is 0. The first kappa shape index (κ1) is 11.1. The molecule has 0 amide bonds. The second kappa shape index (κ2) is 5.61. The van der Waals surface area contributed by atoms with Crippen molar-refractivity contribution in [2.45, 2.75) is 0 Å². The zero-order valence-corrected chi connectivity index (χ0v) is 9.19. The van der Waals surface area contributed by atoms with E-state index in [1.807, 2.05) is 36.4 Å². The number of nitrogens with zero attached hydrogens (tertiary/aromatic N) is 2. The third-order valence-corrected chi connectivity index (χ3v) is 2.18. The van der Waals surface area contributed by atoms with Crippen molar-refractivity contribution < 1.29 is 5.11 Å². The minimum Gasteiger partial charge on any atom is -0.506 e. The Balaban J connectivity index is 0.000000153. The second-order valence-electron chi connectivity index (χ2n) is 3.38. The molecule has 0 saturated carbocycles. The fourth-order valence-corrected chi connectivity index (χ4v) is 1.40. The first-order chi connectivity index (χ1) is 8.38.